The van der Waals surface area contributed by atoms with Crippen molar-refractivity contribution < 1.29 is 9.66 Å². The molecule has 2 N–H and O–H groups in total. The van der Waals surface area contributed by atoms with Crippen LogP contribution in [0.2, 0.25) is 0 Å². The standard InChI is InChI=1S/C11H21N5O3/c1-4-9-10(16(17)18)11(15(2)14-9)13-6-5-12-7-8-19-3/h12-13H,4-8H2,1-3H3. The van der Waals surface area contributed by atoms with Crippen LogP contribution >= 0.6 is 0 Å². The zero-order valence-corrected chi connectivity index (χ0v) is 11.6. The third-order valence-electron chi connectivity index (χ3n) is 2.69. The third-order valence-corrected chi connectivity index (χ3v) is 2.69. The Morgan fingerprint density at radius 1 is 1.42 bits per heavy atom. The fourth-order valence-corrected chi connectivity index (χ4v) is 1.77. The third kappa shape index (κ3) is 4.18. The summed E-state index contributed by atoms with van der Waals surface area (Å²) in [7, 11) is 3.35. The van der Waals surface area contributed by atoms with Crippen molar-refractivity contribution in [2.45, 2.75) is 13.3 Å². The summed E-state index contributed by atoms with van der Waals surface area (Å²) in [5.74, 6) is 0.454. The Kier molecular flexibility index (Phi) is 6.23. The number of anilines is 1. The number of hydrogen-bond donors (Lipinski definition) is 2. The number of nitrogens with zero attached hydrogens (tertiary/aromatic N) is 3. The van der Waals surface area contributed by atoms with Crippen LogP contribution in [0.15, 0.2) is 0 Å². The Labute approximate surface area is 112 Å². The first kappa shape index (κ1) is 15.4. The van der Waals surface area contributed by atoms with Gasteiger partial charge in [0.1, 0.15) is 5.69 Å². The highest BCUT2D eigenvalue weighted by Gasteiger charge is 2.24. The largest absolute Gasteiger partial charge is 0.383 e. The Morgan fingerprint density at radius 2 is 2.16 bits per heavy atom. The van der Waals surface area contributed by atoms with Gasteiger partial charge in [-0.1, -0.05) is 6.92 Å². The van der Waals surface area contributed by atoms with Gasteiger partial charge < -0.3 is 15.4 Å². The van der Waals surface area contributed by atoms with Crippen molar-refractivity contribution in [3.8, 4) is 0 Å². The summed E-state index contributed by atoms with van der Waals surface area (Å²) in [6.07, 6.45) is 0.540. The zero-order chi connectivity index (χ0) is 14.3. The molecule has 0 saturated carbocycles. The first-order chi connectivity index (χ1) is 9.11. The van der Waals surface area contributed by atoms with Crippen molar-refractivity contribution in [1.29, 1.82) is 0 Å². The molecule has 0 spiro atoms. The molecule has 8 heteroatoms. The van der Waals surface area contributed by atoms with Crippen LogP contribution in [0.1, 0.15) is 12.6 Å². The maximum absolute atomic E-state index is 11.1. The summed E-state index contributed by atoms with van der Waals surface area (Å²) in [5, 5.41) is 21.4. The summed E-state index contributed by atoms with van der Waals surface area (Å²) in [5.41, 5.74) is 0.573. The topological polar surface area (TPSA) is 94.2 Å². The number of ether oxygens (including phenoxy) is 1. The molecule has 1 aromatic rings. The van der Waals surface area contributed by atoms with E-state index in [0.717, 1.165) is 6.54 Å². The summed E-state index contributed by atoms with van der Waals surface area (Å²) >= 11 is 0. The second kappa shape index (κ2) is 7.70. The SMILES string of the molecule is CCc1nn(C)c(NCCNCCOC)c1[N+](=O)[O-]. The lowest BCUT2D eigenvalue weighted by molar-refractivity contribution is -0.384. The molecular weight excluding hydrogens is 250 g/mol. The van der Waals surface area contributed by atoms with Gasteiger partial charge in [-0.3, -0.25) is 10.1 Å². The van der Waals surface area contributed by atoms with E-state index >= 15 is 0 Å². The normalized spacial score (nSPS) is 10.7. The van der Waals surface area contributed by atoms with Crippen molar-refractivity contribution >= 4 is 11.5 Å². The number of rotatable bonds is 9. The van der Waals surface area contributed by atoms with E-state index in [0.29, 0.717) is 37.6 Å². The molecular formula is C11H21N5O3. The molecule has 1 aromatic heterocycles. The van der Waals surface area contributed by atoms with Gasteiger partial charge in [-0.25, -0.2) is 4.68 Å². The van der Waals surface area contributed by atoms with Gasteiger partial charge in [0.2, 0.25) is 5.82 Å². The highest BCUT2D eigenvalue weighted by atomic mass is 16.6. The van der Waals surface area contributed by atoms with Gasteiger partial charge >= 0.3 is 5.69 Å². The quantitative estimate of drug-likeness (QED) is 0.387. The molecule has 0 radical (unpaired) electrons. The van der Waals surface area contributed by atoms with E-state index in [2.05, 4.69) is 15.7 Å². The number of aryl methyl sites for hydroxylation is 2. The lowest BCUT2D eigenvalue weighted by atomic mass is 10.3. The molecule has 0 aliphatic rings. The van der Waals surface area contributed by atoms with Gasteiger partial charge in [-0.05, 0) is 6.42 Å². The number of aromatic nitrogens is 2. The molecule has 0 unspecified atom stereocenters. The molecule has 0 aromatic carbocycles. The molecule has 0 fully saturated rings. The van der Waals surface area contributed by atoms with Gasteiger partial charge in [0.25, 0.3) is 0 Å². The molecule has 8 nitrogen and oxygen atoms in total. The van der Waals surface area contributed by atoms with Gasteiger partial charge in [0.05, 0.1) is 11.5 Å². The summed E-state index contributed by atoms with van der Waals surface area (Å²) in [6.45, 7) is 4.55. The highest BCUT2D eigenvalue weighted by Crippen LogP contribution is 2.27. The minimum absolute atomic E-state index is 0.0712. The van der Waals surface area contributed by atoms with E-state index in [9.17, 15) is 10.1 Å². The second-order valence-electron chi connectivity index (χ2n) is 4.05. The highest BCUT2D eigenvalue weighted by molar-refractivity contribution is 5.59. The molecule has 1 rings (SSSR count). The molecule has 0 bridgehead atoms. The predicted molar refractivity (Wildman–Crippen MR) is 72.5 cm³/mol. The molecule has 1 heterocycles. The Hall–Kier alpha value is -1.67. The fourth-order valence-electron chi connectivity index (χ4n) is 1.77. The van der Waals surface area contributed by atoms with Crippen LogP contribution < -0.4 is 10.6 Å². The van der Waals surface area contributed by atoms with E-state index in [1.807, 2.05) is 6.92 Å². The van der Waals surface area contributed by atoms with Crippen LogP contribution in [0.5, 0.6) is 0 Å². The minimum Gasteiger partial charge on any atom is -0.383 e. The average Bonchev–Trinajstić information content (AvgIpc) is 2.70. The zero-order valence-electron chi connectivity index (χ0n) is 11.6. The van der Waals surface area contributed by atoms with Crippen molar-refractivity contribution in [2.75, 3.05) is 38.7 Å². The van der Waals surface area contributed by atoms with Crippen LogP contribution in [-0.2, 0) is 18.2 Å². The fraction of sp³-hybridized carbons (Fsp3) is 0.727. The first-order valence-electron chi connectivity index (χ1n) is 6.25. The van der Waals surface area contributed by atoms with Crippen LogP contribution in [0.4, 0.5) is 11.5 Å². The maximum Gasteiger partial charge on any atom is 0.333 e. The lowest BCUT2D eigenvalue weighted by Crippen LogP contribution is -2.26. The minimum atomic E-state index is -0.382. The number of hydrogen-bond acceptors (Lipinski definition) is 6. The Balaban J connectivity index is 2.57. The van der Waals surface area contributed by atoms with Crippen molar-refractivity contribution in [3.05, 3.63) is 15.8 Å². The van der Waals surface area contributed by atoms with Crippen LogP contribution in [0.3, 0.4) is 0 Å². The predicted octanol–water partition coefficient (Wildman–Crippen LogP) is 0.539. The monoisotopic (exact) mass is 271 g/mol. The molecule has 0 saturated heterocycles. The molecule has 0 aliphatic heterocycles. The van der Waals surface area contributed by atoms with Crippen molar-refractivity contribution in [2.24, 2.45) is 7.05 Å². The average molecular weight is 271 g/mol. The summed E-state index contributed by atoms with van der Waals surface area (Å²) < 4.78 is 6.43. The van der Waals surface area contributed by atoms with Crippen molar-refractivity contribution in [3.63, 3.8) is 0 Å². The lowest BCUT2D eigenvalue weighted by Gasteiger charge is -2.07. The van der Waals surface area contributed by atoms with Crippen LogP contribution in [0, 0.1) is 10.1 Å². The summed E-state index contributed by atoms with van der Waals surface area (Å²) in [4.78, 5) is 10.7. The summed E-state index contributed by atoms with van der Waals surface area (Å²) in [6, 6.07) is 0. The number of methoxy groups -OCH3 is 1. The van der Waals surface area contributed by atoms with E-state index in [4.69, 9.17) is 4.74 Å². The van der Waals surface area contributed by atoms with Gasteiger partial charge in [-0.2, -0.15) is 5.10 Å². The Morgan fingerprint density at radius 3 is 2.74 bits per heavy atom. The number of nitrogens with one attached hydrogen (secondary N) is 2. The molecule has 0 atom stereocenters. The first-order valence-corrected chi connectivity index (χ1v) is 6.25. The van der Waals surface area contributed by atoms with Gasteiger partial charge in [-0.15, -0.1) is 0 Å². The molecule has 0 aliphatic carbocycles. The van der Waals surface area contributed by atoms with Gasteiger partial charge in [0.15, 0.2) is 0 Å². The van der Waals surface area contributed by atoms with E-state index in [1.165, 1.54) is 4.68 Å². The Bertz CT molecular complexity index is 419. The van der Waals surface area contributed by atoms with Crippen LogP contribution in [0.25, 0.3) is 0 Å². The number of nitro groups is 1. The molecule has 108 valence electrons. The van der Waals surface area contributed by atoms with E-state index in [1.54, 1.807) is 14.2 Å². The maximum atomic E-state index is 11.1. The smallest absolute Gasteiger partial charge is 0.333 e. The van der Waals surface area contributed by atoms with Crippen molar-refractivity contribution in [1.82, 2.24) is 15.1 Å². The van der Waals surface area contributed by atoms with E-state index < -0.39 is 0 Å². The molecule has 19 heavy (non-hydrogen) atoms. The van der Waals surface area contributed by atoms with E-state index in [-0.39, 0.29) is 10.6 Å². The van der Waals surface area contributed by atoms with Crippen LogP contribution in [-0.4, -0.2) is 48.1 Å². The molecule has 0 amide bonds. The second-order valence-corrected chi connectivity index (χ2v) is 4.05. The van der Waals surface area contributed by atoms with Gasteiger partial charge in [0, 0.05) is 33.8 Å².